The van der Waals surface area contributed by atoms with Crippen molar-refractivity contribution in [1.29, 1.82) is 0 Å². The fourth-order valence-electron chi connectivity index (χ4n) is 2.15. The van der Waals surface area contributed by atoms with Gasteiger partial charge in [-0.25, -0.2) is 0 Å². The van der Waals surface area contributed by atoms with Gasteiger partial charge in [-0.05, 0) is 39.8 Å². The Balaban J connectivity index is 0.000000509. The maximum Gasteiger partial charge on any atom is 0.0965 e. The van der Waals surface area contributed by atoms with Crippen molar-refractivity contribution in [2.45, 2.75) is 25.7 Å². The number of rotatable bonds is 2. The molecule has 96 valence electrons. The predicted octanol–water partition coefficient (Wildman–Crippen LogP) is 0.799. The van der Waals surface area contributed by atoms with E-state index in [1.807, 2.05) is 0 Å². The van der Waals surface area contributed by atoms with E-state index in [9.17, 15) is 0 Å². The summed E-state index contributed by atoms with van der Waals surface area (Å²) in [5.41, 5.74) is 9.00. The molecule has 0 aromatic heterocycles. The molecule has 0 atom stereocenters. The molecule has 2 fully saturated rings. The minimum absolute atomic E-state index is 1.23. The van der Waals surface area contributed by atoms with E-state index >= 15 is 0 Å². The molecule has 4 N–H and O–H groups in total. The van der Waals surface area contributed by atoms with Gasteiger partial charge in [0.25, 0.3) is 0 Å². The summed E-state index contributed by atoms with van der Waals surface area (Å²) < 4.78 is 0. The Labute approximate surface area is 100 Å². The molecule has 0 saturated carbocycles. The number of hydrogen-bond donors (Lipinski definition) is 2. The fourth-order valence-corrected chi connectivity index (χ4v) is 2.15. The molecule has 0 amide bonds. The molecule has 2 rings (SSSR count). The molecular weight excluding hydrogens is 200 g/mol. The van der Waals surface area contributed by atoms with Gasteiger partial charge in [-0.2, -0.15) is 0 Å². The quantitative estimate of drug-likeness (QED) is 0.734. The average Bonchev–Trinajstić information content (AvgIpc) is 3.06. The molecule has 0 aromatic rings. The summed E-state index contributed by atoms with van der Waals surface area (Å²) >= 11 is 0. The van der Waals surface area contributed by atoms with Crippen molar-refractivity contribution in [1.82, 2.24) is 9.80 Å². The maximum atomic E-state index is 4.50. The Kier molecular flexibility index (Phi) is 9.04. The van der Waals surface area contributed by atoms with Crippen molar-refractivity contribution >= 4 is 0 Å². The van der Waals surface area contributed by atoms with Crippen LogP contribution in [0.5, 0.6) is 0 Å². The molecule has 4 nitrogen and oxygen atoms in total. The van der Waals surface area contributed by atoms with Crippen LogP contribution < -0.4 is 11.5 Å². The van der Waals surface area contributed by atoms with Crippen LogP contribution in [0.25, 0.3) is 0 Å². The highest BCUT2D eigenvalue weighted by Gasteiger charge is 2.20. The van der Waals surface area contributed by atoms with E-state index in [0.717, 1.165) is 0 Å². The van der Waals surface area contributed by atoms with E-state index in [1.165, 1.54) is 71.8 Å². The van der Waals surface area contributed by atoms with Crippen molar-refractivity contribution < 1.29 is 0 Å². The Morgan fingerprint density at radius 2 is 1.00 bits per heavy atom. The Bertz CT molecular complexity index is 152. The lowest BCUT2D eigenvalue weighted by atomic mass is 10.4. The SMILES string of the molecule is C=C(N1CCCC1)N1CCCC1.CN.CN. The first-order chi connectivity index (χ1) is 7.88. The average molecular weight is 228 g/mol. The van der Waals surface area contributed by atoms with Gasteiger partial charge in [-0.1, -0.05) is 6.58 Å². The number of likely N-dealkylation sites (tertiary alicyclic amines) is 2. The van der Waals surface area contributed by atoms with Gasteiger partial charge in [0.15, 0.2) is 0 Å². The molecular formula is C12H28N4. The van der Waals surface area contributed by atoms with Crippen LogP contribution in [0.2, 0.25) is 0 Å². The Morgan fingerprint density at radius 1 is 0.750 bits per heavy atom. The smallest absolute Gasteiger partial charge is 0.0965 e. The van der Waals surface area contributed by atoms with Crippen LogP contribution >= 0.6 is 0 Å². The molecule has 0 aliphatic carbocycles. The van der Waals surface area contributed by atoms with Gasteiger partial charge in [-0.3, -0.25) is 0 Å². The monoisotopic (exact) mass is 228 g/mol. The molecule has 2 heterocycles. The molecule has 2 aliphatic rings. The first kappa shape index (κ1) is 15.3. The van der Waals surface area contributed by atoms with E-state index in [0.29, 0.717) is 0 Å². The summed E-state index contributed by atoms with van der Waals surface area (Å²) in [6, 6.07) is 0. The third-order valence-corrected chi connectivity index (χ3v) is 2.94. The zero-order chi connectivity index (χ0) is 12.4. The van der Waals surface area contributed by atoms with Crippen LogP contribution in [0, 0.1) is 0 Å². The molecule has 0 aromatic carbocycles. The second kappa shape index (κ2) is 9.48. The summed E-state index contributed by atoms with van der Waals surface area (Å²) in [6.45, 7) is 9.10. The predicted molar refractivity (Wildman–Crippen MR) is 71.0 cm³/mol. The zero-order valence-corrected chi connectivity index (χ0v) is 10.9. The van der Waals surface area contributed by atoms with Gasteiger partial charge in [0, 0.05) is 26.2 Å². The minimum atomic E-state index is 1.23. The molecule has 0 bridgehead atoms. The van der Waals surface area contributed by atoms with Gasteiger partial charge in [-0.15, -0.1) is 0 Å². The standard InChI is InChI=1S/C10H18N2.2CH5N/c1-10(11-6-2-3-7-11)12-8-4-5-9-12;2*1-2/h1-9H2;2*2H2,1H3. The van der Waals surface area contributed by atoms with Crippen molar-refractivity contribution in [3.63, 3.8) is 0 Å². The van der Waals surface area contributed by atoms with Crippen LogP contribution in [-0.4, -0.2) is 50.1 Å². The lowest BCUT2D eigenvalue weighted by Crippen LogP contribution is -2.31. The maximum absolute atomic E-state index is 4.50. The van der Waals surface area contributed by atoms with Gasteiger partial charge in [0.05, 0.1) is 5.82 Å². The van der Waals surface area contributed by atoms with Gasteiger partial charge >= 0.3 is 0 Å². The lowest BCUT2D eigenvalue weighted by molar-refractivity contribution is 0.272. The van der Waals surface area contributed by atoms with Crippen LogP contribution in [0.1, 0.15) is 25.7 Å². The molecule has 0 spiro atoms. The summed E-state index contributed by atoms with van der Waals surface area (Å²) in [6.07, 6.45) is 5.42. The number of nitrogens with two attached hydrogens (primary N) is 2. The summed E-state index contributed by atoms with van der Waals surface area (Å²) in [5.74, 6) is 1.28. The third-order valence-electron chi connectivity index (χ3n) is 2.94. The largest absolute Gasteiger partial charge is 0.359 e. The molecule has 2 aliphatic heterocycles. The first-order valence-electron chi connectivity index (χ1n) is 6.22. The Morgan fingerprint density at radius 3 is 1.25 bits per heavy atom. The molecule has 0 unspecified atom stereocenters. The van der Waals surface area contributed by atoms with E-state index in [2.05, 4.69) is 27.8 Å². The minimum Gasteiger partial charge on any atom is -0.359 e. The van der Waals surface area contributed by atoms with Gasteiger partial charge < -0.3 is 21.3 Å². The first-order valence-corrected chi connectivity index (χ1v) is 6.22. The molecule has 4 heteroatoms. The van der Waals surface area contributed by atoms with Gasteiger partial charge in [0.1, 0.15) is 0 Å². The second-order valence-electron chi connectivity index (χ2n) is 3.80. The van der Waals surface area contributed by atoms with Crippen molar-refractivity contribution in [2.75, 3.05) is 40.3 Å². The van der Waals surface area contributed by atoms with E-state index in [-0.39, 0.29) is 0 Å². The topological polar surface area (TPSA) is 58.5 Å². The summed E-state index contributed by atoms with van der Waals surface area (Å²) in [7, 11) is 3.00. The molecule has 0 radical (unpaired) electrons. The van der Waals surface area contributed by atoms with Crippen LogP contribution in [0.3, 0.4) is 0 Å². The highest BCUT2D eigenvalue weighted by molar-refractivity contribution is 4.97. The van der Waals surface area contributed by atoms with Crippen LogP contribution in [0.15, 0.2) is 12.4 Å². The van der Waals surface area contributed by atoms with E-state index in [4.69, 9.17) is 0 Å². The number of hydrogen-bond acceptors (Lipinski definition) is 4. The fraction of sp³-hybridized carbons (Fsp3) is 0.833. The highest BCUT2D eigenvalue weighted by atomic mass is 15.3. The summed E-state index contributed by atoms with van der Waals surface area (Å²) in [4.78, 5) is 4.87. The Hall–Kier alpha value is -0.740. The van der Waals surface area contributed by atoms with E-state index < -0.39 is 0 Å². The van der Waals surface area contributed by atoms with Crippen molar-refractivity contribution in [3.05, 3.63) is 12.4 Å². The number of nitrogens with zero attached hydrogens (tertiary/aromatic N) is 2. The van der Waals surface area contributed by atoms with Crippen LogP contribution in [0.4, 0.5) is 0 Å². The van der Waals surface area contributed by atoms with Crippen molar-refractivity contribution in [2.24, 2.45) is 11.5 Å². The second-order valence-corrected chi connectivity index (χ2v) is 3.80. The molecule has 16 heavy (non-hydrogen) atoms. The van der Waals surface area contributed by atoms with Crippen LogP contribution in [-0.2, 0) is 0 Å². The zero-order valence-electron chi connectivity index (χ0n) is 10.9. The normalized spacial score (nSPS) is 18.5. The van der Waals surface area contributed by atoms with E-state index in [1.54, 1.807) is 0 Å². The third kappa shape index (κ3) is 4.41. The van der Waals surface area contributed by atoms with Crippen molar-refractivity contribution in [3.8, 4) is 0 Å². The summed E-state index contributed by atoms with van der Waals surface area (Å²) in [5, 5.41) is 0. The lowest BCUT2D eigenvalue weighted by Gasteiger charge is -2.29. The highest BCUT2D eigenvalue weighted by Crippen LogP contribution is 2.20. The molecule has 2 saturated heterocycles. The van der Waals surface area contributed by atoms with Gasteiger partial charge in [0.2, 0.25) is 0 Å².